The molecule has 0 radical (unpaired) electrons. The molecule has 0 aromatic heterocycles. The summed E-state index contributed by atoms with van der Waals surface area (Å²) in [4.78, 5) is 24.6. The van der Waals surface area contributed by atoms with Gasteiger partial charge in [-0.3, -0.25) is 9.59 Å². The van der Waals surface area contributed by atoms with Crippen LogP contribution in [0.3, 0.4) is 0 Å². The van der Waals surface area contributed by atoms with Gasteiger partial charge in [0, 0.05) is 13.5 Å². The van der Waals surface area contributed by atoms with Crippen molar-refractivity contribution in [1.29, 1.82) is 0 Å². The maximum Gasteiger partial charge on any atom is 0.242 e. The van der Waals surface area contributed by atoms with Crippen LogP contribution in [0, 0.1) is 5.92 Å². The van der Waals surface area contributed by atoms with Crippen molar-refractivity contribution in [3.05, 3.63) is 29.8 Å². The summed E-state index contributed by atoms with van der Waals surface area (Å²) in [5.41, 5.74) is 0.953. The summed E-state index contributed by atoms with van der Waals surface area (Å²) in [6.07, 6.45) is 1.14. The maximum atomic E-state index is 12.5. The van der Waals surface area contributed by atoms with Gasteiger partial charge in [-0.2, -0.15) is 0 Å². The maximum absolute atomic E-state index is 12.5. The number of rotatable bonds is 9. The van der Waals surface area contributed by atoms with E-state index in [9.17, 15) is 9.59 Å². The molecule has 1 aromatic rings. The number of likely N-dealkylation sites (N-methyl/N-ethyl adjacent to an activating group) is 2. The number of ether oxygens (including phenoxy) is 1. The molecule has 0 saturated heterocycles. The van der Waals surface area contributed by atoms with Crippen molar-refractivity contribution in [2.45, 2.75) is 38.8 Å². The van der Waals surface area contributed by atoms with Crippen molar-refractivity contribution in [3.8, 4) is 5.75 Å². The molecular weight excluding hydrogens is 306 g/mol. The van der Waals surface area contributed by atoms with Crippen LogP contribution in [0.5, 0.6) is 5.75 Å². The molecule has 3 N–H and O–H groups in total. The third kappa shape index (κ3) is 6.20. The second kappa shape index (κ2) is 9.93. The largest absolute Gasteiger partial charge is 0.497 e. The summed E-state index contributed by atoms with van der Waals surface area (Å²) in [5, 5.41) is 8.48. The number of benzene rings is 1. The van der Waals surface area contributed by atoms with Gasteiger partial charge < -0.3 is 20.7 Å². The standard InChI is InChI=1S/C18H29N3O3/c1-12(2)10-15(19-3)18(23)21-16(17(22)20-4)11-13-6-8-14(24-5)9-7-13/h6-9,12,15-16,19H,10-11H2,1-5H3,(H,20,22)(H,21,23). The highest BCUT2D eigenvalue weighted by Gasteiger charge is 2.25. The molecular formula is C18H29N3O3. The number of methoxy groups -OCH3 is 1. The van der Waals surface area contributed by atoms with Gasteiger partial charge in [-0.25, -0.2) is 0 Å². The predicted molar refractivity (Wildman–Crippen MR) is 95.0 cm³/mol. The van der Waals surface area contributed by atoms with Crippen LogP contribution in [-0.4, -0.2) is 45.1 Å². The number of hydrogen-bond acceptors (Lipinski definition) is 4. The minimum absolute atomic E-state index is 0.159. The first-order valence-corrected chi connectivity index (χ1v) is 8.23. The van der Waals surface area contributed by atoms with E-state index < -0.39 is 6.04 Å². The van der Waals surface area contributed by atoms with Crippen molar-refractivity contribution in [2.75, 3.05) is 21.2 Å². The molecule has 0 aliphatic carbocycles. The van der Waals surface area contributed by atoms with Gasteiger partial charge in [0.2, 0.25) is 11.8 Å². The molecule has 0 bridgehead atoms. The van der Waals surface area contributed by atoms with E-state index in [4.69, 9.17) is 4.74 Å². The van der Waals surface area contributed by atoms with Gasteiger partial charge in [0.15, 0.2) is 0 Å². The van der Waals surface area contributed by atoms with Crippen LogP contribution in [0.1, 0.15) is 25.8 Å². The van der Waals surface area contributed by atoms with Gasteiger partial charge in [0.05, 0.1) is 13.2 Å². The van der Waals surface area contributed by atoms with E-state index >= 15 is 0 Å². The van der Waals surface area contributed by atoms with Gasteiger partial charge in [-0.05, 0) is 37.1 Å². The van der Waals surface area contributed by atoms with Crippen molar-refractivity contribution in [1.82, 2.24) is 16.0 Å². The van der Waals surface area contributed by atoms with Crippen LogP contribution in [0.25, 0.3) is 0 Å². The third-order valence-corrected chi connectivity index (χ3v) is 3.85. The fraction of sp³-hybridized carbons (Fsp3) is 0.556. The fourth-order valence-corrected chi connectivity index (χ4v) is 2.48. The van der Waals surface area contributed by atoms with Crippen molar-refractivity contribution in [2.24, 2.45) is 5.92 Å². The summed E-state index contributed by atoms with van der Waals surface area (Å²) in [5.74, 6) is 0.770. The zero-order valence-electron chi connectivity index (χ0n) is 15.2. The van der Waals surface area contributed by atoms with Crippen LogP contribution < -0.4 is 20.7 Å². The molecule has 6 nitrogen and oxygen atoms in total. The minimum Gasteiger partial charge on any atom is -0.497 e. The lowest BCUT2D eigenvalue weighted by molar-refractivity contribution is -0.129. The molecule has 0 spiro atoms. The summed E-state index contributed by atoms with van der Waals surface area (Å²) in [6.45, 7) is 4.12. The molecule has 1 aromatic carbocycles. The van der Waals surface area contributed by atoms with E-state index in [1.54, 1.807) is 21.2 Å². The van der Waals surface area contributed by atoms with Gasteiger partial charge in [0.25, 0.3) is 0 Å². The number of nitrogens with one attached hydrogen (secondary N) is 3. The first kappa shape index (κ1) is 20.0. The van der Waals surface area contributed by atoms with E-state index in [1.165, 1.54) is 0 Å². The Hall–Kier alpha value is -2.08. The number of amides is 2. The minimum atomic E-state index is -0.612. The molecule has 6 heteroatoms. The van der Waals surface area contributed by atoms with E-state index in [0.29, 0.717) is 18.8 Å². The van der Waals surface area contributed by atoms with Crippen LogP contribution >= 0.6 is 0 Å². The van der Waals surface area contributed by atoms with E-state index in [1.807, 2.05) is 24.3 Å². The lowest BCUT2D eigenvalue weighted by Crippen LogP contribution is -2.52. The summed E-state index contributed by atoms with van der Waals surface area (Å²) >= 11 is 0. The second-order valence-electron chi connectivity index (χ2n) is 6.20. The zero-order chi connectivity index (χ0) is 18.1. The Labute approximate surface area is 144 Å². The van der Waals surface area contributed by atoms with Gasteiger partial charge in [0.1, 0.15) is 11.8 Å². The number of carbonyl (C=O) groups excluding carboxylic acids is 2. The molecule has 0 heterocycles. The van der Waals surface area contributed by atoms with E-state index in [2.05, 4.69) is 29.8 Å². The molecule has 0 aliphatic heterocycles. The summed E-state index contributed by atoms with van der Waals surface area (Å²) in [7, 11) is 4.93. The summed E-state index contributed by atoms with van der Waals surface area (Å²) in [6, 6.07) is 6.54. The highest BCUT2D eigenvalue weighted by atomic mass is 16.5. The smallest absolute Gasteiger partial charge is 0.242 e. The lowest BCUT2D eigenvalue weighted by Gasteiger charge is -2.22. The molecule has 0 saturated carbocycles. The molecule has 1 rings (SSSR count). The Balaban J connectivity index is 2.80. The van der Waals surface area contributed by atoms with Crippen LogP contribution in [0.15, 0.2) is 24.3 Å². The van der Waals surface area contributed by atoms with Crippen molar-refractivity contribution < 1.29 is 14.3 Å². The fourth-order valence-electron chi connectivity index (χ4n) is 2.48. The molecule has 0 fully saturated rings. The van der Waals surface area contributed by atoms with Crippen molar-refractivity contribution in [3.63, 3.8) is 0 Å². The Morgan fingerprint density at radius 1 is 1.04 bits per heavy atom. The SMILES string of the molecule is CNC(=O)C(Cc1ccc(OC)cc1)NC(=O)C(CC(C)C)NC. The molecule has 134 valence electrons. The molecule has 2 unspecified atom stereocenters. The molecule has 2 amide bonds. The quantitative estimate of drug-likeness (QED) is 0.631. The first-order chi connectivity index (χ1) is 11.4. The predicted octanol–water partition coefficient (Wildman–Crippen LogP) is 1.10. The van der Waals surface area contributed by atoms with Gasteiger partial charge >= 0.3 is 0 Å². The highest BCUT2D eigenvalue weighted by Crippen LogP contribution is 2.13. The molecule has 24 heavy (non-hydrogen) atoms. The van der Waals surface area contributed by atoms with Gasteiger partial charge in [-0.1, -0.05) is 26.0 Å². The average Bonchev–Trinajstić information content (AvgIpc) is 2.58. The Morgan fingerprint density at radius 3 is 2.12 bits per heavy atom. The van der Waals surface area contributed by atoms with Crippen LogP contribution in [-0.2, 0) is 16.0 Å². The summed E-state index contributed by atoms with van der Waals surface area (Å²) < 4.78 is 5.13. The third-order valence-electron chi connectivity index (χ3n) is 3.85. The van der Waals surface area contributed by atoms with Crippen LogP contribution in [0.2, 0.25) is 0 Å². The molecule has 2 atom stereocenters. The van der Waals surface area contributed by atoms with Crippen molar-refractivity contribution >= 4 is 11.8 Å². The van der Waals surface area contributed by atoms with Gasteiger partial charge in [-0.15, -0.1) is 0 Å². The number of hydrogen-bond donors (Lipinski definition) is 3. The van der Waals surface area contributed by atoms with E-state index in [-0.39, 0.29) is 17.9 Å². The topological polar surface area (TPSA) is 79.5 Å². The zero-order valence-corrected chi connectivity index (χ0v) is 15.2. The first-order valence-electron chi connectivity index (χ1n) is 8.23. The second-order valence-corrected chi connectivity index (χ2v) is 6.20. The average molecular weight is 335 g/mol. The Bertz CT molecular complexity index is 529. The highest BCUT2D eigenvalue weighted by molar-refractivity contribution is 5.89. The lowest BCUT2D eigenvalue weighted by atomic mass is 10.0. The normalized spacial score (nSPS) is 13.2. The van der Waals surface area contributed by atoms with E-state index in [0.717, 1.165) is 11.3 Å². The Morgan fingerprint density at radius 2 is 1.67 bits per heavy atom. The Kier molecular flexibility index (Phi) is 8.26. The number of carbonyl (C=O) groups is 2. The van der Waals surface area contributed by atoms with Crippen LogP contribution in [0.4, 0.5) is 0 Å². The molecule has 0 aliphatic rings. The monoisotopic (exact) mass is 335 g/mol.